The van der Waals surface area contributed by atoms with E-state index in [4.69, 9.17) is 9.47 Å². The van der Waals surface area contributed by atoms with E-state index in [1.165, 1.54) is 24.1 Å². The lowest BCUT2D eigenvalue weighted by Crippen LogP contribution is -2.22. The maximum Gasteiger partial charge on any atom is 0.341 e. The summed E-state index contributed by atoms with van der Waals surface area (Å²) >= 11 is 0. The molecule has 2 aromatic rings. The summed E-state index contributed by atoms with van der Waals surface area (Å²) in [5, 5.41) is 2.52. The monoisotopic (exact) mass is 374 g/mol. The van der Waals surface area contributed by atoms with Crippen LogP contribution in [-0.2, 0) is 9.53 Å². The molecule has 7 nitrogen and oxygen atoms in total. The van der Waals surface area contributed by atoms with Crippen molar-refractivity contribution in [3.63, 3.8) is 0 Å². The molecule has 1 N–H and O–H groups in total. The summed E-state index contributed by atoms with van der Waals surface area (Å²) in [6.07, 6.45) is 0. The predicted octanol–water partition coefficient (Wildman–Crippen LogP) is 2.33. The Hall–Kier alpha value is -3.42. The number of halogens is 1. The number of rotatable bonds is 6. The molecule has 0 aliphatic heterocycles. The van der Waals surface area contributed by atoms with E-state index in [-0.39, 0.29) is 17.2 Å². The summed E-state index contributed by atoms with van der Waals surface area (Å²) < 4.78 is 23.5. The summed E-state index contributed by atoms with van der Waals surface area (Å²) in [4.78, 5) is 37.0. The van der Waals surface area contributed by atoms with Gasteiger partial charge in [0, 0.05) is 31.4 Å². The van der Waals surface area contributed by atoms with E-state index in [9.17, 15) is 18.8 Å². The Labute approximate surface area is 155 Å². The molecule has 2 rings (SSSR count). The highest BCUT2D eigenvalue weighted by molar-refractivity contribution is 5.97. The quantitative estimate of drug-likeness (QED) is 0.785. The van der Waals surface area contributed by atoms with Crippen LogP contribution >= 0.6 is 0 Å². The number of anilines is 1. The molecule has 0 bridgehead atoms. The highest BCUT2D eigenvalue weighted by Crippen LogP contribution is 2.17. The van der Waals surface area contributed by atoms with Crippen molar-refractivity contribution in [3.8, 4) is 5.75 Å². The van der Waals surface area contributed by atoms with Crippen LogP contribution in [0.5, 0.6) is 5.75 Å². The van der Waals surface area contributed by atoms with Crippen LogP contribution in [0.4, 0.5) is 10.1 Å². The second-order valence-electron chi connectivity index (χ2n) is 5.75. The van der Waals surface area contributed by atoms with Gasteiger partial charge in [-0.25, -0.2) is 9.18 Å². The van der Waals surface area contributed by atoms with Crippen LogP contribution in [0.3, 0.4) is 0 Å². The minimum atomic E-state index is -0.961. The van der Waals surface area contributed by atoms with Crippen molar-refractivity contribution in [2.24, 2.45) is 0 Å². The second-order valence-corrected chi connectivity index (χ2v) is 5.75. The number of methoxy groups -OCH3 is 1. The second kappa shape index (κ2) is 8.79. The number of hydrogen-bond donors (Lipinski definition) is 1. The summed E-state index contributed by atoms with van der Waals surface area (Å²) in [5.41, 5.74) is 0.608. The molecule has 0 heterocycles. The molecule has 0 unspecified atom stereocenters. The van der Waals surface area contributed by atoms with Gasteiger partial charge in [0.15, 0.2) is 6.61 Å². The lowest BCUT2D eigenvalue weighted by Gasteiger charge is -2.11. The first-order valence-corrected chi connectivity index (χ1v) is 7.94. The SMILES string of the molecule is COc1ccc(C(=O)OCC(=O)Nc2ccc(C(=O)N(C)C)cc2)c(F)c1. The van der Waals surface area contributed by atoms with Crippen molar-refractivity contribution in [3.05, 3.63) is 59.4 Å². The van der Waals surface area contributed by atoms with E-state index in [1.807, 2.05) is 0 Å². The molecular weight excluding hydrogens is 355 g/mol. The van der Waals surface area contributed by atoms with Gasteiger partial charge in [-0.05, 0) is 36.4 Å². The van der Waals surface area contributed by atoms with Gasteiger partial charge in [0.1, 0.15) is 11.6 Å². The molecule has 0 saturated heterocycles. The standard InChI is InChI=1S/C19H19FN2O5/c1-22(2)18(24)12-4-6-13(7-5-12)21-17(23)11-27-19(25)15-9-8-14(26-3)10-16(15)20/h4-10H,11H2,1-3H3,(H,21,23). The molecule has 0 aromatic heterocycles. The molecule has 2 aromatic carbocycles. The molecule has 0 aliphatic rings. The number of carbonyl (C=O) groups excluding carboxylic acids is 3. The third-order valence-electron chi connectivity index (χ3n) is 3.55. The maximum absolute atomic E-state index is 13.8. The zero-order chi connectivity index (χ0) is 20.0. The number of benzene rings is 2. The Morgan fingerprint density at radius 3 is 2.30 bits per heavy atom. The van der Waals surface area contributed by atoms with Crippen molar-refractivity contribution >= 4 is 23.5 Å². The van der Waals surface area contributed by atoms with Gasteiger partial charge in [0.05, 0.1) is 12.7 Å². The molecule has 0 aliphatic carbocycles. The molecule has 0 spiro atoms. The van der Waals surface area contributed by atoms with Gasteiger partial charge in [-0.3, -0.25) is 9.59 Å². The lowest BCUT2D eigenvalue weighted by molar-refractivity contribution is -0.119. The van der Waals surface area contributed by atoms with Crippen molar-refractivity contribution in [2.75, 3.05) is 33.1 Å². The van der Waals surface area contributed by atoms with Crippen LogP contribution in [-0.4, -0.2) is 50.5 Å². The first-order chi connectivity index (χ1) is 12.8. The summed E-state index contributed by atoms with van der Waals surface area (Å²) in [6.45, 7) is -0.581. The van der Waals surface area contributed by atoms with E-state index in [0.717, 1.165) is 6.07 Å². The van der Waals surface area contributed by atoms with Gasteiger partial charge < -0.3 is 19.7 Å². The van der Waals surface area contributed by atoms with Gasteiger partial charge >= 0.3 is 5.97 Å². The van der Waals surface area contributed by atoms with Gasteiger partial charge in [-0.2, -0.15) is 0 Å². The number of ether oxygens (including phenoxy) is 2. The Morgan fingerprint density at radius 1 is 1.07 bits per heavy atom. The Morgan fingerprint density at radius 2 is 1.74 bits per heavy atom. The van der Waals surface area contributed by atoms with E-state index >= 15 is 0 Å². The zero-order valence-corrected chi connectivity index (χ0v) is 15.1. The fourth-order valence-electron chi connectivity index (χ4n) is 2.15. The van der Waals surface area contributed by atoms with Crippen molar-refractivity contribution in [1.82, 2.24) is 4.90 Å². The summed E-state index contributed by atoms with van der Waals surface area (Å²) in [6, 6.07) is 9.92. The number of carbonyl (C=O) groups is 3. The molecule has 8 heteroatoms. The Kier molecular flexibility index (Phi) is 6.48. The topological polar surface area (TPSA) is 84.9 Å². The fourth-order valence-corrected chi connectivity index (χ4v) is 2.15. The van der Waals surface area contributed by atoms with Crippen molar-refractivity contribution in [1.29, 1.82) is 0 Å². The molecule has 0 saturated carbocycles. The zero-order valence-electron chi connectivity index (χ0n) is 15.1. The van der Waals surface area contributed by atoms with Crippen molar-refractivity contribution < 1.29 is 28.2 Å². The molecule has 2 amide bonds. The Bertz CT molecular complexity index is 850. The van der Waals surface area contributed by atoms with E-state index in [2.05, 4.69) is 5.32 Å². The first-order valence-electron chi connectivity index (χ1n) is 7.94. The van der Waals surface area contributed by atoms with Crippen LogP contribution in [0, 0.1) is 5.82 Å². The predicted molar refractivity (Wildman–Crippen MR) is 96.3 cm³/mol. The third kappa shape index (κ3) is 5.27. The highest BCUT2D eigenvalue weighted by Gasteiger charge is 2.16. The Balaban J connectivity index is 1.90. The maximum atomic E-state index is 13.8. The van der Waals surface area contributed by atoms with E-state index in [1.54, 1.807) is 38.4 Å². The molecule has 0 atom stereocenters. The summed E-state index contributed by atoms with van der Waals surface area (Å²) in [5.74, 6) is -2.26. The van der Waals surface area contributed by atoms with Gasteiger partial charge in [0.25, 0.3) is 11.8 Å². The number of hydrogen-bond acceptors (Lipinski definition) is 5. The smallest absolute Gasteiger partial charge is 0.341 e. The molecule has 27 heavy (non-hydrogen) atoms. The first kappa shape index (κ1) is 19.9. The number of esters is 1. The van der Waals surface area contributed by atoms with Gasteiger partial charge in [-0.1, -0.05) is 0 Å². The van der Waals surface area contributed by atoms with Crippen LogP contribution in [0.1, 0.15) is 20.7 Å². The minimum absolute atomic E-state index is 0.164. The number of nitrogens with one attached hydrogen (secondary N) is 1. The molecule has 0 radical (unpaired) electrons. The largest absolute Gasteiger partial charge is 0.497 e. The molecule has 0 fully saturated rings. The number of nitrogens with zero attached hydrogens (tertiary/aromatic N) is 1. The normalized spacial score (nSPS) is 10.1. The minimum Gasteiger partial charge on any atom is -0.497 e. The number of amides is 2. The van der Waals surface area contributed by atoms with Crippen molar-refractivity contribution in [2.45, 2.75) is 0 Å². The highest BCUT2D eigenvalue weighted by atomic mass is 19.1. The fraction of sp³-hybridized carbons (Fsp3) is 0.211. The summed E-state index contributed by atoms with van der Waals surface area (Å²) in [7, 11) is 4.65. The van der Waals surface area contributed by atoms with E-state index in [0.29, 0.717) is 11.3 Å². The lowest BCUT2D eigenvalue weighted by atomic mass is 10.2. The van der Waals surface area contributed by atoms with E-state index < -0.39 is 24.3 Å². The molecule has 142 valence electrons. The van der Waals surface area contributed by atoms with Crippen LogP contribution in [0.15, 0.2) is 42.5 Å². The van der Waals surface area contributed by atoms with Crippen LogP contribution in [0.2, 0.25) is 0 Å². The molecular formula is C19H19FN2O5. The average molecular weight is 374 g/mol. The van der Waals surface area contributed by atoms with Gasteiger partial charge in [0.2, 0.25) is 0 Å². The van der Waals surface area contributed by atoms with Crippen LogP contribution < -0.4 is 10.1 Å². The van der Waals surface area contributed by atoms with Crippen LogP contribution in [0.25, 0.3) is 0 Å². The third-order valence-corrected chi connectivity index (χ3v) is 3.55. The average Bonchev–Trinajstić information content (AvgIpc) is 2.65. The van der Waals surface area contributed by atoms with Gasteiger partial charge in [-0.15, -0.1) is 0 Å².